The molecule has 136 valence electrons. The minimum atomic E-state index is -0.183. The fourth-order valence-corrected chi connectivity index (χ4v) is 4.65. The number of fused-ring (bicyclic) bond motifs is 5. The molecule has 0 aromatic heterocycles. The van der Waals surface area contributed by atoms with Crippen LogP contribution in [0.5, 0.6) is 17.2 Å². The number of ether oxygens (including phenoxy) is 2. The number of benzene rings is 2. The Morgan fingerprint density at radius 3 is 2.04 bits per heavy atom. The number of methoxy groups -OCH3 is 1. The molecule has 2 fully saturated rings. The topological polar surface area (TPSA) is 55.8 Å². The smallest absolute Gasteiger partial charge is 0.238 e. The standard InChI is InChI=1S/C22H19NO4/c1-26-17-4-2-3-5-18(17)27-16-10-8-15(9-11-16)23-21(24)19-13-6-7-14(12-13)20(19)22(23)25/h2-11,13-14,19-20H,12H2,1H3/t13-,14-,19-,20+/m0/s1. The fraction of sp³-hybridized carbons (Fsp3) is 0.273. The first kappa shape index (κ1) is 16.1. The predicted molar refractivity (Wildman–Crippen MR) is 99.7 cm³/mol. The summed E-state index contributed by atoms with van der Waals surface area (Å²) in [6.07, 6.45) is 5.14. The summed E-state index contributed by atoms with van der Waals surface area (Å²) >= 11 is 0. The molecule has 0 unspecified atom stereocenters. The lowest BCUT2D eigenvalue weighted by atomic mass is 9.85. The van der Waals surface area contributed by atoms with Crippen molar-refractivity contribution in [2.45, 2.75) is 6.42 Å². The molecule has 1 saturated carbocycles. The molecule has 5 rings (SSSR count). The van der Waals surface area contributed by atoms with E-state index in [2.05, 4.69) is 12.2 Å². The molecule has 4 atom stereocenters. The third kappa shape index (κ3) is 2.38. The van der Waals surface area contributed by atoms with Gasteiger partial charge in [0.1, 0.15) is 5.75 Å². The Morgan fingerprint density at radius 2 is 1.44 bits per heavy atom. The minimum Gasteiger partial charge on any atom is -0.493 e. The largest absolute Gasteiger partial charge is 0.493 e. The molecule has 1 saturated heterocycles. The van der Waals surface area contributed by atoms with Crippen LogP contribution in [0.1, 0.15) is 6.42 Å². The third-order valence-electron chi connectivity index (χ3n) is 5.86. The van der Waals surface area contributed by atoms with Crippen molar-refractivity contribution in [3.8, 4) is 17.2 Å². The molecule has 0 spiro atoms. The zero-order valence-electron chi connectivity index (χ0n) is 14.9. The van der Waals surface area contributed by atoms with E-state index in [4.69, 9.17) is 9.47 Å². The molecular weight excluding hydrogens is 342 g/mol. The normalized spacial score (nSPS) is 28.0. The maximum absolute atomic E-state index is 12.9. The van der Waals surface area contributed by atoms with Crippen LogP contribution in [0.3, 0.4) is 0 Å². The number of hydrogen-bond acceptors (Lipinski definition) is 4. The lowest BCUT2D eigenvalue weighted by Gasteiger charge is -2.18. The van der Waals surface area contributed by atoms with Crippen LogP contribution in [0.4, 0.5) is 5.69 Å². The van der Waals surface area contributed by atoms with Gasteiger partial charge in [0.25, 0.3) is 0 Å². The minimum absolute atomic E-state index is 0.0692. The average Bonchev–Trinajstić information content (AvgIpc) is 3.37. The number of anilines is 1. The summed E-state index contributed by atoms with van der Waals surface area (Å²) in [6.45, 7) is 0. The van der Waals surface area contributed by atoms with Gasteiger partial charge in [-0.2, -0.15) is 0 Å². The molecule has 2 aromatic carbocycles. The van der Waals surface area contributed by atoms with Crippen LogP contribution in [0.2, 0.25) is 0 Å². The first-order valence-corrected chi connectivity index (χ1v) is 9.14. The molecule has 5 nitrogen and oxygen atoms in total. The van der Waals surface area contributed by atoms with E-state index >= 15 is 0 Å². The van der Waals surface area contributed by atoms with Crippen molar-refractivity contribution in [1.29, 1.82) is 0 Å². The number of carbonyl (C=O) groups excluding carboxylic acids is 2. The zero-order chi connectivity index (χ0) is 18.5. The number of para-hydroxylation sites is 2. The SMILES string of the molecule is COc1ccccc1Oc1ccc(N2C(=O)[C@@H]3[C@H](C2=O)[C@H]2C=C[C@H]3C2)cc1. The summed E-state index contributed by atoms with van der Waals surface area (Å²) < 4.78 is 11.2. The summed E-state index contributed by atoms with van der Waals surface area (Å²) in [4.78, 5) is 27.1. The second-order valence-corrected chi connectivity index (χ2v) is 7.26. The van der Waals surface area contributed by atoms with Gasteiger partial charge in [-0.3, -0.25) is 14.5 Å². The molecule has 0 N–H and O–H groups in total. The van der Waals surface area contributed by atoms with Crippen LogP contribution in [0.15, 0.2) is 60.7 Å². The van der Waals surface area contributed by atoms with Crippen molar-refractivity contribution in [3.05, 3.63) is 60.7 Å². The molecule has 27 heavy (non-hydrogen) atoms. The lowest BCUT2D eigenvalue weighted by Crippen LogP contribution is -2.32. The molecule has 2 amide bonds. The van der Waals surface area contributed by atoms with Gasteiger partial charge < -0.3 is 9.47 Å². The Labute approximate surface area is 157 Å². The van der Waals surface area contributed by atoms with Gasteiger partial charge >= 0.3 is 0 Å². The number of rotatable bonds is 4. The molecular formula is C22H19NO4. The Morgan fingerprint density at radius 1 is 0.852 bits per heavy atom. The van der Waals surface area contributed by atoms with Crippen molar-refractivity contribution in [2.24, 2.45) is 23.7 Å². The summed E-state index contributed by atoms with van der Waals surface area (Å²) in [5.74, 6) is 1.79. The maximum Gasteiger partial charge on any atom is 0.238 e. The summed E-state index contributed by atoms with van der Waals surface area (Å²) in [5.41, 5.74) is 0.603. The summed E-state index contributed by atoms with van der Waals surface area (Å²) in [7, 11) is 1.59. The highest BCUT2D eigenvalue weighted by Gasteiger charge is 2.59. The highest BCUT2D eigenvalue weighted by molar-refractivity contribution is 6.22. The molecule has 2 aliphatic carbocycles. The average molecular weight is 361 g/mol. The van der Waals surface area contributed by atoms with E-state index in [9.17, 15) is 9.59 Å². The molecule has 5 heteroatoms. The van der Waals surface area contributed by atoms with Crippen LogP contribution in [-0.4, -0.2) is 18.9 Å². The van der Waals surface area contributed by atoms with E-state index in [1.807, 2.05) is 24.3 Å². The van der Waals surface area contributed by atoms with Crippen LogP contribution in [0, 0.1) is 23.7 Å². The van der Waals surface area contributed by atoms with E-state index in [-0.39, 0.29) is 35.5 Å². The number of nitrogens with zero attached hydrogens (tertiary/aromatic N) is 1. The second-order valence-electron chi connectivity index (χ2n) is 7.26. The Hall–Kier alpha value is -3.08. The van der Waals surface area contributed by atoms with Gasteiger partial charge in [0.15, 0.2) is 11.5 Å². The summed E-state index contributed by atoms with van der Waals surface area (Å²) in [6, 6.07) is 14.4. The number of allylic oxidation sites excluding steroid dienone is 2. The van der Waals surface area contributed by atoms with Crippen molar-refractivity contribution in [3.63, 3.8) is 0 Å². The van der Waals surface area contributed by atoms with Crippen molar-refractivity contribution in [2.75, 3.05) is 12.0 Å². The van der Waals surface area contributed by atoms with Gasteiger partial charge in [0.2, 0.25) is 11.8 Å². The van der Waals surface area contributed by atoms with Crippen LogP contribution in [0.25, 0.3) is 0 Å². The maximum atomic E-state index is 12.9. The number of carbonyl (C=O) groups is 2. The van der Waals surface area contributed by atoms with Crippen LogP contribution in [-0.2, 0) is 9.59 Å². The van der Waals surface area contributed by atoms with E-state index in [0.29, 0.717) is 22.9 Å². The Bertz CT molecular complexity index is 919. The number of imide groups is 1. The first-order valence-electron chi connectivity index (χ1n) is 9.14. The van der Waals surface area contributed by atoms with Gasteiger partial charge in [0, 0.05) is 0 Å². The number of amides is 2. The van der Waals surface area contributed by atoms with Gasteiger partial charge in [0.05, 0.1) is 24.6 Å². The lowest BCUT2D eigenvalue weighted by molar-refractivity contribution is -0.123. The predicted octanol–water partition coefficient (Wildman–Crippen LogP) is 3.80. The van der Waals surface area contributed by atoms with E-state index in [1.165, 1.54) is 4.90 Å². The Balaban J connectivity index is 1.38. The van der Waals surface area contributed by atoms with E-state index < -0.39 is 0 Å². The summed E-state index contributed by atoms with van der Waals surface area (Å²) in [5, 5.41) is 0. The molecule has 2 aromatic rings. The highest BCUT2D eigenvalue weighted by atomic mass is 16.5. The molecule has 1 aliphatic heterocycles. The van der Waals surface area contributed by atoms with Crippen molar-refractivity contribution >= 4 is 17.5 Å². The van der Waals surface area contributed by atoms with E-state index in [0.717, 1.165) is 6.42 Å². The van der Waals surface area contributed by atoms with Gasteiger partial charge in [-0.1, -0.05) is 24.3 Å². The molecule has 3 aliphatic rings. The van der Waals surface area contributed by atoms with Gasteiger partial charge in [-0.05, 0) is 54.7 Å². The molecule has 2 bridgehead atoms. The zero-order valence-corrected chi connectivity index (χ0v) is 14.9. The van der Waals surface area contributed by atoms with E-state index in [1.54, 1.807) is 31.4 Å². The Kier molecular flexibility index (Phi) is 3.57. The first-order chi connectivity index (χ1) is 13.2. The number of hydrogen-bond donors (Lipinski definition) is 0. The monoisotopic (exact) mass is 361 g/mol. The third-order valence-corrected chi connectivity index (χ3v) is 5.86. The fourth-order valence-electron chi connectivity index (χ4n) is 4.65. The molecule has 0 radical (unpaired) electrons. The van der Waals surface area contributed by atoms with Crippen LogP contribution < -0.4 is 14.4 Å². The quantitative estimate of drug-likeness (QED) is 0.614. The second kappa shape index (κ2) is 5.98. The van der Waals surface area contributed by atoms with Crippen molar-refractivity contribution in [1.82, 2.24) is 0 Å². The highest BCUT2D eigenvalue weighted by Crippen LogP contribution is 2.53. The van der Waals surface area contributed by atoms with Gasteiger partial charge in [-0.15, -0.1) is 0 Å². The van der Waals surface area contributed by atoms with Gasteiger partial charge in [-0.25, -0.2) is 0 Å². The van der Waals surface area contributed by atoms with Crippen LogP contribution >= 0.6 is 0 Å². The molecule has 1 heterocycles. The van der Waals surface area contributed by atoms with Crippen molar-refractivity contribution < 1.29 is 19.1 Å².